The van der Waals surface area contributed by atoms with Crippen molar-refractivity contribution in [2.45, 2.75) is 44.0 Å². The van der Waals surface area contributed by atoms with E-state index in [0.717, 1.165) is 12.5 Å². The van der Waals surface area contributed by atoms with E-state index < -0.39 is 21.5 Å². The van der Waals surface area contributed by atoms with E-state index in [0.29, 0.717) is 6.42 Å². The molecular formula is C14H21NO5S. The van der Waals surface area contributed by atoms with Gasteiger partial charge in [0.2, 0.25) is 10.0 Å². The number of carboxylic acids is 1. The monoisotopic (exact) mass is 315 g/mol. The molecule has 0 unspecified atom stereocenters. The van der Waals surface area contributed by atoms with E-state index in [9.17, 15) is 13.2 Å². The van der Waals surface area contributed by atoms with Crippen molar-refractivity contribution >= 4 is 16.0 Å². The van der Waals surface area contributed by atoms with Crippen LogP contribution in [0.2, 0.25) is 0 Å². The van der Waals surface area contributed by atoms with Crippen LogP contribution in [-0.2, 0) is 10.0 Å². The molecule has 0 amide bonds. The van der Waals surface area contributed by atoms with Crippen LogP contribution in [0.4, 0.5) is 0 Å². The van der Waals surface area contributed by atoms with E-state index in [-0.39, 0.29) is 16.2 Å². The first kappa shape index (κ1) is 17.5. The van der Waals surface area contributed by atoms with Crippen molar-refractivity contribution in [1.82, 2.24) is 4.72 Å². The number of carboxylic acid groups (broad SMARTS) is 1. The van der Waals surface area contributed by atoms with Crippen molar-refractivity contribution in [1.29, 1.82) is 0 Å². The van der Waals surface area contributed by atoms with E-state index in [2.05, 4.69) is 4.72 Å². The van der Waals surface area contributed by atoms with Gasteiger partial charge in [0.15, 0.2) is 0 Å². The summed E-state index contributed by atoms with van der Waals surface area (Å²) in [5.41, 5.74) is -0.734. The number of benzene rings is 1. The molecule has 21 heavy (non-hydrogen) atoms. The Labute approximate surface area is 125 Å². The second-order valence-electron chi connectivity index (χ2n) is 5.41. The summed E-state index contributed by atoms with van der Waals surface area (Å²) in [5.74, 6) is -1.08. The minimum absolute atomic E-state index is 0.107. The quantitative estimate of drug-likeness (QED) is 0.805. The molecule has 0 bridgehead atoms. The highest BCUT2D eigenvalue weighted by Crippen LogP contribution is 2.26. The van der Waals surface area contributed by atoms with Crippen molar-refractivity contribution in [3.8, 4) is 5.75 Å². The van der Waals surface area contributed by atoms with Crippen molar-refractivity contribution in [3.05, 3.63) is 23.8 Å². The number of aromatic carboxylic acids is 1. The minimum atomic E-state index is -3.88. The van der Waals surface area contributed by atoms with Gasteiger partial charge in [-0.1, -0.05) is 13.3 Å². The topological polar surface area (TPSA) is 92.7 Å². The van der Waals surface area contributed by atoms with Gasteiger partial charge < -0.3 is 9.84 Å². The molecule has 0 saturated heterocycles. The Kier molecular flexibility index (Phi) is 5.36. The number of carbonyl (C=O) groups is 1. The lowest BCUT2D eigenvalue weighted by Gasteiger charge is -2.26. The van der Waals surface area contributed by atoms with Crippen LogP contribution in [-0.4, -0.2) is 32.1 Å². The van der Waals surface area contributed by atoms with Crippen molar-refractivity contribution in [2.75, 3.05) is 7.11 Å². The van der Waals surface area contributed by atoms with Crippen LogP contribution < -0.4 is 9.46 Å². The normalized spacial score (nSPS) is 12.2. The van der Waals surface area contributed by atoms with Gasteiger partial charge in [0.05, 0.1) is 12.7 Å². The molecule has 0 fully saturated rings. The Morgan fingerprint density at radius 3 is 2.48 bits per heavy atom. The Morgan fingerprint density at radius 2 is 2.00 bits per heavy atom. The van der Waals surface area contributed by atoms with Gasteiger partial charge in [-0.15, -0.1) is 0 Å². The van der Waals surface area contributed by atoms with E-state index in [1.54, 1.807) is 13.8 Å². The summed E-state index contributed by atoms with van der Waals surface area (Å²) in [4.78, 5) is 10.8. The summed E-state index contributed by atoms with van der Waals surface area (Å²) < 4.78 is 32.6. The molecule has 2 N–H and O–H groups in total. The number of hydrogen-bond donors (Lipinski definition) is 2. The predicted molar refractivity (Wildman–Crippen MR) is 79.3 cm³/mol. The van der Waals surface area contributed by atoms with Gasteiger partial charge in [0.1, 0.15) is 10.6 Å². The molecule has 0 aliphatic heterocycles. The smallest absolute Gasteiger partial charge is 0.335 e. The highest BCUT2D eigenvalue weighted by molar-refractivity contribution is 7.89. The number of hydrogen-bond acceptors (Lipinski definition) is 4. The molecule has 7 heteroatoms. The molecule has 1 rings (SSSR count). The number of methoxy groups -OCH3 is 1. The van der Waals surface area contributed by atoms with Gasteiger partial charge in [-0.25, -0.2) is 17.9 Å². The molecule has 0 atom stereocenters. The van der Waals surface area contributed by atoms with E-state index in [4.69, 9.17) is 9.84 Å². The molecule has 0 saturated carbocycles. The largest absolute Gasteiger partial charge is 0.495 e. The maximum Gasteiger partial charge on any atom is 0.335 e. The molecule has 118 valence electrons. The Hall–Kier alpha value is -1.60. The third kappa shape index (κ3) is 4.44. The highest BCUT2D eigenvalue weighted by Gasteiger charge is 2.28. The molecule has 1 aromatic rings. The third-order valence-corrected chi connectivity index (χ3v) is 4.71. The molecule has 1 aromatic carbocycles. The Balaban J connectivity index is 3.29. The molecule has 0 radical (unpaired) electrons. The Bertz CT molecular complexity index is 622. The van der Waals surface area contributed by atoms with Gasteiger partial charge in [-0.2, -0.15) is 0 Å². The van der Waals surface area contributed by atoms with Crippen LogP contribution in [0.5, 0.6) is 5.75 Å². The van der Waals surface area contributed by atoms with Gasteiger partial charge in [-0.05, 0) is 38.5 Å². The fourth-order valence-electron chi connectivity index (χ4n) is 2.11. The second-order valence-corrected chi connectivity index (χ2v) is 7.06. The zero-order chi connectivity index (χ0) is 16.3. The van der Waals surface area contributed by atoms with E-state index >= 15 is 0 Å². The zero-order valence-electron chi connectivity index (χ0n) is 12.6. The summed E-state index contributed by atoms with van der Waals surface area (Å²) in [5, 5.41) is 9.00. The SMILES string of the molecule is CCCC(C)(C)NS(=O)(=O)c1cc(C(=O)O)ccc1OC. The molecule has 0 heterocycles. The molecule has 0 aromatic heterocycles. The summed E-state index contributed by atoms with van der Waals surface area (Å²) in [7, 11) is -2.54. The molecule has 6 nitrogen and oxygen atoms in total. The summed E-state index contributed by atoms with van der Waals surface area (Å²) in [6, 6.07) is 3.74. The van der Waals surface area contributed by atoms with Crippen LogP contribution >= 0.6 is 0 Å². The molecular weight excluding hydrogens is 294 g/mol. The molecule has 0 aliphatic carbocycles. The lowest BCUT2D eigenvalue weighted by Crippen LogP contribution is -2.43. The number of rotatable bonds is 7. The van der Waals surface area contributed by atoms with Crippen LogP contribution in [0.15, 0.2) is 23.1 Å². The average Bonchev–Trinajstić information content (AvgIpc) is 2.36. The fourth-order valence-corrected chi connectivity index (χ4v) is 3.75. The first-order valence-corrected chi connectivity index (χ1v) is 8.06. The summed E-state index contributed by atoms with van der Waals surface area (Å²) in [6.45, 7) is 5.52. The van der Waals surface area contributed by atoms with Gasteiger partial charge in [0, 0.05) is 5.54 Å². The third-order valence-electron chi connectivity index (χ3n) is 2.99. The van der Waals surface area contributed by atoms with Gasteiger partial charge in [-0.3, -0.25) is 0 Å². The Morgan fingerprint density at radius 1 is 1.38 bits per heavy atom. The maximum atomic E-state index is 12.5. The van der Waals surface area contributed by atoms with Crippen LogP contribution in [0.3, 0.4) is 0 Å². The van der Waals surface area contributed by atoms with Crippen LogP contribution in [0.25, 0.3) is 0 Å². The van der Waals surface area contributed by atoms with Crippen LogP contribution in [0.1, 0.15) is 44.0 Å². The van der Waals surface area contributed by atoms with E-state index in [1.807, 2.05) is 6.92 Å². The predicted octanol–water partition coefficient (Wildman–Crippen LogP) is 2.25. The average molecular weight is 315 g/mol. The highest BCUT2D eigenvalue weighted by atomic mass is 32.2. The summed E-state index contributed by atoms with van der Waals surface area (Å²) in [6.07, 6.45) is 1.48. The molecule has 0 aliphatic rings. The summed E-state index contributed by atoms with van der Waals surface area (Å²) >= 11 is 0. The number of sulfonamides is 1. The molecule has 0 spiro atoms. The standard InChI is InChI=1S/C14H21NO5S/c1-5-8-14(2,3)15-21(18,19)12-9-10(13(16)17)6-7-11(12)20-4/h6-7,9,15H,5,8H2,1-4H3,(H,16,17). The lowest BCUT2D eigenvalue weighted by atomic mass is 10.0. The van der Waals surface area contributed by atoms with Crippen LogP contribution in [0, 0.1) is 0 Å². The second kappa shape index (κ2) is 6.44. The fraction of sp³-hybridized carbons (Fsp3) is 0.500. The zero-order valence-corrected chi connectivity index (χ0v) is 13.5. The van der Waals surface area contributed by atoms with Crippen molar-refractivity contribution in [3.63, 3.8) is 0 Å². The first-order chi connectivity index (χ1) is 9.63. The lowest BCUT2D eigenvalue weighted by molar-refractivity contribution is 0.0696. The van der Waals surface area contributed by atoms with Crippen molar-refractivity contribution in [2.24, 2.45) is 0 Å². The van der Waals surface area contributed by atoms with Crippen molar-refractivity contribution < 1.29 is 23.1 Å². The number of nitrogens with one attached hydrogen (secondary N) is 1. The number of ether oxygens (including phenoxy) is 1. The van der Waals surface area contributed by atoms with Gasteiger partial charge in [0.25, 0.3) is 0 Å². The first-order valence-electron chi connectivity index (χ1n) is 6.58. The maximum absolute atomic E-state index is 12.5. The minimum Gasteiger partial charge on any atom is -0.495 e. The van der Waals surface area contributed by atoms with E-state index in [1.165, 1.54) is 19.2 Å². The van der Waals surface area contributed by atoms with Gasteiger partial charge >= 0.3 is 5.97 Å².